The summed E-state index contributed by atoms with van der Waals surface area (Å²) in [5.74, 6) is 0. The molecule has 1 aliphatic heterocycles. The number of nitrogens with one attached hydrogen (secondary N) is 2. The largest absolute Gasteiger partial charge is 0.318 e. The minimum absolute atomic E-state index is 0.621. The SMILES string of the molecule is CNCC1CN(CCN(C)C)CCN1. The highest BCUT2D eigenvalue weighted by molar-refractivity contribution is 4.79. The van der Waals surface area contributed by atoms with Crippen LogP contribution in [0.3, 0.4) is 0 Å². The molecule has 0 aromatic heterocycles. The van der Waals surface area contributed by atoms with Gasteiger partial charge in [0.1, 0.15) is 0 Å². The molecule has 0 saturated carbocycles. The Bertz CT molecular complexity index is 147. The van der Waals surface area contributed by atoms with Gasteiger partial charge in [-0.2, -0.15) is 0 Å². The molecule has 14 heavy (non-hydrogen) atoms. The third-order valence-electron chi connectivity index (χ3n) is 2.65. The summed E-state index contributed by atoms with van der Waals surface area (Å²) in [7, 11) is 6.28. The van der Waals surface area contributed by atoms with Crippen LogP contribution in [0.25, 0.3) is 0 Å². The first-order chi connectivity index (χ1) is 6.72. The summed E-state index contributed by atoms with van der Waals surface area (Å²) in [5, 5.41) is 6.74. The second kappa shape index (κ2) is 6.35. The van der Waals surface area contributed by atoms with E-state index in [0.29, 0.717) is 6.04 Å². The van der Waals surface area contributed by atoms with Crippen molar-refractivity contribution in [1.29, 1.82) is 0 Å². The lowest BCUT2D eigenvalue weighted by atomic mass is 10.2. The van der Waals surface area contributed by atoms with Crippen LogP contribution in [0, 0.1) is 0 Å². The van der Waals surface area contributed by atoms with Crippen LogP contribution in [0.2, 0.25) is 0 Å². The third-order valence-corrected chi connectivity index (χ3v) is 2.65. The predicted molar refractivity (Wildman–Crippen MR) is 60.7 cm³/mol. The van der Waals surface area contributed by atoms with Crippen LogP contribution in [-0.2, 0) is 0 Å². The monoisotopic (exact) mass is 200 g/mol. The van der Waals surface area contributed by atoms with Crippen LogP contribution in [0.15, 0.2) is 0 Å². The van der Waals surface area contributed by atoms with Crippen molar-refractivity contribution < 1.29 is 0 Å². The molecule has 1 unspecified atom stereocenters. The molecule has 4 nitrogen and oxygen atoms in total. The van der Waals surface area contributed by atoms with Crippen molar-refractivity contribution in [3.8, 4) is 0 Å². The maximum absolute atomic E-state index is 3.52. The van der Waals surface area contributed by atoms with Crippen molar-refractivity contribution in [3.63, 3.8) is 0 Å². The van der Waals surface area contributed by atoms with E-state index < -0.39 is 0 Å². The first-order valence-electron chi connectivity index (χ1n) is 5.47. The minimum Gasteiger partial charge on any atom is -0.318 e. The zero-order valence-electron chi connectivity index (χ0n) is 9.71. The summed E-state index contributed by atoms with van der Waals surface area (Å²) < 4.78 is 0. The van der Waals surface area contributed by atoms with Gasteiger partial charge in [-0.25, -0.2) is 0 Å². The predicted octanol–water partition coefficient (Wildman–Crippen LogP) is -0.959. The number of piperazine rings is 1. The Morgan fingerprint density at radius 3 is 2.93 bits per heavy atom. The standard InChI is InChI=1S/C10H24N4/c1-11-8-10-9-14(5-4-12-10)7-6-13(2)3/h10-12H,4-9H2,1-3H3. The quantitative estimate of drug-likeness (QED) is 0.598. The molecule has 0 aromatic rings. The molecule has 1 saturated heterocycles. The number of hydrogen-bond donors (Lipinski definition) is 2. The van der Waals surface area contributed by atoms with Gasteiger partial charge in [-0.1, -0.05) is 0 Å². The van der Waals surface area contributed by atoms with Gasteiger partial charge in [0.2, 0.25) is 0 Å². The zero-order valence-corrected chi connectivity index (χ0v) is 9.71. The number of nitrogens with zero attached hydrogens (tertiary/aromatic N) is 2. The molecular formula is C10H24N4. The fourth-order valence-corrected chi connectivity index (χ4v) is 1.82. The van der Waals surface area contributed by atoms with Gasteiger partial charge in [0.05, 0.1) is 0 Å². The van der Waals surface area contributed by atoms with Gasteiger partial charge in [0.25, 0.3) is 0 Å². The topological polar surface area (TPSA) is 30.5 Å². The Kier molecular flexibility index (Phi) is 5.40. The molecule has 0 radical (unpaired) electrons. The minimum atomic E-state index is 0.621. The maximum atomic E-state index is 3.52. The van der Waals surface area contributed by atoms with E-state index in [1.807, 2.05) is 7.05 Å². The Balaban J connectivity index is 2.18. The molecule has 1 heterocycles. The van der Waals surface area contributed by atoms with Crippen LogP contribution < -0.4 is 10.6 Å². The van der Waals surface area contributed by atoms with E-state index in [4.69, 9.17) is 0 Å². The van der Waals surface area contributed by atoms with E-state index >= 15 is 0 Å². The molecule has 1 aliphatic rings. The van der Waals surface area contributed by atoms with Crippen molar-refractivity contribution in [2.24, 2.45) is 0 Å². The molecule has 0 amide bonds. The van der Waals surface area contributed by atoms with E-state index in [9.17, 15) is 0 Å². The molecule has 0 aromatic carbocycles. The molecule has 0 aliphatic carbocycles. The molecule has 4 heteroatoms. The molecule has 0 spiro atoms. The van der Waals surface area contributed by atoms with E-state index in [1.165, 1.54) is 19.6 Å². The lowest BCUT2D eigenvalue weighted by Gasteiger charge is -2.34. The Labute approximate surface area is 87.6 Å². The van der Waals surface area contributed by atoms with Gasteiger partial charge < -0.3 is 15.5 Å². The van der Waals surface area contributed by atoms with E-state index in [2.05, 4.69) is 34.5 Å². The highest BCUT2D eigenvalue weighted by Crippen LogP contribution is 1.98. The Hall–Kier alpha value is -0.160. The lowest BCUT2D eigenvalue weighted by Crippen LogP contribution is -2.54. The van der Waals surface area contributed by atoms with Gasteiger partial charge in [-0.3, -0.25) is 4.90 Å². The van der Waals surface area contributed by atoms with Crippen molar-refractivity contribution in [3.05, 3.63) is 0 Å². The van der Waals surface area contributed by atoms with E-state index in [-0.39, 0.29) is 0 Å². The van der Waals surface area contributed by atoms with Gasteiger partial charge >= 0.3 is 0 Å². The van der Waals surface area contributed by atoms with Gasteiger partial charge in [-0.05, 0) is 21.1 Å². The third kappa shape index (κ3) is 4.37. The number of rotatable bonds is 5. The summed E-state index contributed by atoms with van der Waals surface area (Å²) in [4.78, 5) is 4.79. The van der Waals surface area contributed by atoms with Crippen molar-refractivity contribution >= 4 is 0 Å². The highest BCUT2D eigenvalue weighted by Gasteiger charge is 2.17. The fraction of sp³-hybridized carbons (Fsp3) is 1.00. The summed E-state index contributed by atoms with van der Waals surface area (Å²) in [6.07, 6.45) is 0. The lowest BCUT2D eigenvalue weighted by molar-refractivity contribution is 0.183. The van der Waals surface area contributed by atoms with E-state index in [0.717, 1.165) is 19.6 Å². The van der Waals surface area contributed by atoms with Gasteiger partial charge in [0, 0.05) is 45.3 Å². The molecule has 84 valence electrons. The molecule has 2 N–H and O–H groups in total. The molecular weight excluding hydrogens is 176 g/mol. The Morgan fingerprint density at radius 2 is 2.29 bits per heavy atom. The molecule has 1 rings (SSSR count). The van der Waals surface area contributed by atoms with E-state index in [1.54, 1.807) is 0 Å². The summed E-state index contributed by atoms with van der Waals surface area (Å²) in [5.41, 5.74) is 0. The normalized spacial score (nSPS) is 24.4. The van der Waals surface area contributed by atoms with Gasteiger partial charge in [0.15, 0.2) is 0 Å². The second-order valence-corrected chi connectivity index (χ2v) is 4.31. The van der Waals surface area contributed by atoms with Crippen LogP contribution in [0.4, 0.5) is 0 Å². The molecule has 0 bridgehead atoms. The van der Waals surface area contributed by atoms with Crippen LogP contribution in [-0.4, -0.2) is 76.3 Å². The average molecular weight is 200 g/mol. The van der Waals surface area contributed by atoms with Crippen LogP contribution in [0.5, 0.6) is 0 Å². The molecule has 1 fully saturated rings. The van der Waals surface area contributed by atoms with Crippen LogP contribution in [0.1, 0.15) is 0 Å². The van der Waals surface area contributed by atoms with Crippen molar-refractivity contribution in [1.82, 2.24) is 20.4 Å². The summed E-state index contributed by atoms with van der Waals surface area (Å²) in [6, 6.07) is 0.621. The molecule has 1 atom stereocenters. The first-order valence-corrected chi connectivity index (χ1v) is 5.47. The van der Waals surface area contributed by atoms with Crippen molar-refractivity contribution in [2.75, 3.05) is 60.4 Å². The van der Waals surface area contributed by atoms with Crippen LogP contribution >= 0.6 is 0 Å². The Morgan fingerprint density at radius 1 is 1.50 bits per heavy atom. The number of likely N-dealkylation sites (N-methyl/N-ethyl adjacent to an activating group) is 2. The summed E-state index contributed by atoms with van der Waals surface area (Å²) in [6.45, 7) is 6.90. The zero-order chi connectivity index (χ0) is 10.4. The maximum Gasteiger partial charge on any atom is 0.0320 e. The van der Waals surface area contributed by atoms with Gasteiger partial charge in [-0.15, -0.1) is 0 Å². The average Bonchev–Trinajstić information content (AvgIpc) is 2.16. The summed E-state index contributed by atoms with van der Waals surface area (Å²) >= 11 is 0. The fourth-order valence-electron chi connectivity index (χ4n) is 1.82. The van der Waals surface area contributed by atoms with Crippen molar-refractivity contribution in [2.45, 2.75) is 6.04 Å². The number of hydrogen-bond acceptors (Lipinski definition) is 4. The highest BCUT2D eigenvalue weighted by atomic mass is 15.2. The first kappa shape index (κ1) is 11.9. The second-order valence-electron chi connectivity index (χ2n) is 4.31. The smallest absolute Gasteiger partial charge is 0.0320 e.